The van der Waals surface area contributed by atoms with Gasteiger partial charge in [-0.1, -0.05) is 32.9 Å². The van der Waals surface area contributed by atoms with Gasteiger partial charge in [0, 0.05) is 19.3 Å². The molecule has 0 aromatic heterocycles. The number of esters is 3. The molecule has 0 amide bonds. The van der Waals surface area contributed by atoms with Gasteiger partial charge < -0.3 is 28.8 Å². The number of carbonyl (C=O) groups excluding carboxylic acids is 3. The molecule has 0 aliphatic carbocycles. The molecule has 10 nitrogen and oxygen atoms in total. The van der Waals surface area contributed by atoms with Crippen molar-refractivity contribution in [2.45, 2.75) is 77.7 Å². The van der Waals surface area contributed by atoms with E-state index in [9.17, 15) is 24.3 Å². The molecule has 0 bridgehead atoms. The second-order valence-corrected chi connectivity index (χ2v) is 7.05. The van der Waals surface area contributed by atoms with Gasteiger partial charge in [0.15, 0.2) is 12.2 Å². The lowest BCUT2D eigenvalue weighted by molar-refractivity contribution is -0.281. The van der Waals surface area contributed by atoms with Crippen molar-refractivity contribution in [3.63, 3.8) is 0 Å². The fourth-order valence-corrected chi connectivity index (χ4v) is 3.07. The molecule has 1 aromatic carbocycles. The quantitative estimate of drug-likeness (QED) is 0.440. The summed E-state index contributed by atoms with van der Waals surface area (Å²) >= 11 is 0. The van der Waals surface area contributed by atoms with E-state index >= 15 is 0 Å². The van der Waals surface area contributed by atoms with Crippen LogP contribution in [-0.2, 0) is 33.3 Å². The summed E-state index contributed by atoms with van der Waals surface area (Å²) in [5.74, 6) is -3.05. The first-order valence-electron chi connectivity index (χ1n) is 10.4. The van der Waals surface area contributed by atoms with Crippen LogP contribution in [0.3, 0.4) is 0 Å². The molecule has 1 fully saturated rings. The highest BCUT2D eigenvalue weighted by molar-refractivity contribution is 5.90. The maximum absolute atomic E-state index is 12.1. The van der Waals surface area contributed by atoms with Crippen LogP contribution in [0.5, 0.6) is 5.75 Å². The maximum atomic E-state index is 12.1. The summed E-state index contributed by atoms with van der Waals surface area (Å²) < 4.78 is 28.0. The number of benzene rings is 1. The Morgan fingerprint density at radius 2 is 1.34 bits per heavy atom. The van der Waals surface area contributed by atoms with Gasteiger partial charge in [0.2, 0.25) is 12.4 Å². The number of carboxylic acid groups (broad SMARTS) is 1. The molecule has 0 unspecified atom stereocenters. The fourth-order valence-electron chi connectivity index (χ4n) is 3.07. The van der Waals surface area contributed by atoms with Crippen LogP contribution in [-0.4, -0.2) is 59.7 Å². The lowest BCUT2D eigenvalue weighted by Crippen LogP contribution is -2.62. The predicted molar refractivity (Wildman–Crippen MR) is 109 cm³/mol. The Labute approximate surface area is 185 Å². The molecule has 2 rings (SSSR count). The molecule has 0 saturated carbocycles. The monoisotopic (exact) mass is 452 g/mol. The molecule has 10 heteroatoms. The highest BCUT2D eigenvalue weighted by Gasteiger charge is 2.52. The van der Waals surface area contributed by atoms with E-state index in [1.165, 1.54) is 18.2 Å². The number of para-hydroxylation sites is 1. The molecule has 0 radical (unpaired) electrons. The van der Waals surface area contributed by atoms with Gasteiger partial charge >= 0.3 is 23.9 Å². The van der Waals surface area contributed by atoms with Crippen LogP contribution in [0.2, 0.25) is 0 Å². The molecular weight excluding hydrogens is 424 g/mol. The summed E-state index contributed by atoms with van der Waals surface area (Å²) in [6.07, 6.45) is -5.64. The van der Waals surface area contributed by atoms with E-state index in [0.717, 1.165) is 0 Å². The molecule has 1 heterocycles. The molecule has 0 spiro atoms. The fraction of sp³-hybridized carbons (Fsp3) is 0.545. The standard InChI is InChI=1S/C22H28O10/c1-5-15(23)30-18-12(4)28-22(29-14-11-9-8-10-13(14)21(26)27)20(32-17(25)7-3)19(18)31-16(24)6-2/h8-12,18-20,22H,5-7H2,1-4H3,(H,26,27)/t12-,18+,19+,20-,22+/m0/s1. The summed E-state index contributed by atoms with van der Waals surface area (Å²) in [5, 5.41) is 9.43. The van der Waals surface area contributed by atoms with Crippen LogP contribution in [0, 0.1) is 0 Å². The van der Waals surface area contributed by atoms with Gasteiger partial charge in [-0.05, 0) is 19.1 Å². The lowest BCUT2D eigenvalue weighted by atomic mass is 9.98. The number of rotatable bonds is 9. The van der Waals surface area contributed by atoms with E-state index in [0.29, 0.717) is 0 Å². The van der Waals surface area contributed by atoms with Crippen molar-refractivity contribution in [3.8, 4) is 5.75 Å². The molecule has 5 atom stereocenters. The minimum atomic E-state index is -1.33. The summed E-state index contributed by atoms with van der Waals surface area (Å²) in [7, 11) is 0. The first-order chi connectivity index (χ1) is 15.2. The molecule has 1 aliphatic heterocycles. The summed E-state index contributed by atoms with van der Waals surface area (Å²) in [6, 6.07) is 5.87. The van der Waals surface area contributed by atoms with Crippen molar-refractivity contribution in [2.75, 3.05) is 0 Å². The Morgan fingerprint density at radius 3 is 1.88 bits per heavy atom. The molecule has 1 saturated heterocycles. The van der Waals surface area contributed by atoms with Crippen molar-refractivity contribution in [2.24, 2.45) is 0 Å². The van der Waals surface area contributed by atoms with Crippen LogP contribution in [0.1, 0.15) is 57.3 Å². The second-order valence-electron chi connectivity index (χ2n) is 7.05. The van der Waals surface area contributed by atoms with Gasteiger partial charge in [0.1, 0.15) is 11.3 Å². The first-order valence-corrected chi connectivity index (χ1v) is 10.4. The summed E-state index contributed by atoms with van der Waals surface area (Å²) in [5.41, 5.74) is -0.133. The number of aromatic carboxylic acids is 1. The van der Waals surface area contributed by atoms with E-state index in [-0.39, 0.29) is 30.6 Å². The Kier molecular flexibility index (Phi) is 9.01. The number of carboxylic acids is 1. The number of carbonyl (C=O) groups is 4. The third-order valence-electron chi connectivity index (χ3n) is 4.76. The van der Waals surface area contributed by atoms with Gasteiger partial charge in [-0.25, -0.2) is 4.79 Å². The number of ether oxygens (including phenoxy) is 5. The number of hydrogen-bond donors (Lipinski definition) is 1. The average molecular weight is 452 g/mol. The third kappa shape index (κ3) is 6.19. The zero-order chi connectivity index (χ0) is 23.8. The lowest BCUT2D eigenvalue weighted by Gasteiger charge is -2.43. The topological polar surface area (TPSA) is 135 Å². The second kappa shape index (κ2) is 11.5. The van der Waals surface area contributed by atoms with Crippen LogP contribution >= 0.6 is 0 Å². The van der Waals surface area contributed by atoms with Crippen molar-refractivity contribution >= 4 is 23.9 Å². The van der Waals surface area contributed by atoms with Gasteiger partial charge in [0.05, 0.1) is 6.10 Å². The average Bonchev–Trinajstić information content (AvgIpc) is 2.78. The van der Waals surface area contributed by atoms with Crippen LogP contribution in [0.15, 0.2) is 24.3 Å². The van der Waals surface area contributed by atoms with E-state index in [2.05, 4.69) is 0 Å². The van der Waals surface area contributed by atoms with Crippen molar-refractivity contribution < 1.29 is 48.0 Å². The smallest absolute Gasteiger partial charge is 0.339 e. The Hall–Kier alpha value is -3.14. The Balaban J connectivity index is 2.46. The molecule has 1 aromatic rings. The largest absolute Gasteiger partial charge is 0.478 e. The highest BCUT2D eigenvalue weighted by atomic mass is 16.7. The highest BCUT2D eigenvalue weighted by Crippen LogP contribution is 2.32. The molecule has 1 aliphatic rings. The zero-order valence-corrected chi connectivity index (χ0v) is 18.4. The normalized spacial score (nSPS) is 24.8. The summed E-state index contributed by atoms with van der Waals surface area (Å²) in [4.78, 5) is 47.8. The first kappa shape index (κ1) is 25.1. The van der Waals surface area contributed by atoms with Crippen molar-refractivity contribution in [1.82, 2.24) is 0 Å². The minimum absolute atomic E-state index is 0.0122. The van der Waals surface area contributed by atoms with E-state index in [4.69, 9.17) is 23.7 Å². The van der Waals surface area contributed by atoms with E-state index < -0.39 is 54.6 Å². The predicted octanol–water partition coefficient (Wildman–Crippen LogP) is 2.47. The van der Waals surface area contributed by atoms with Gasteiger partial charge in [0.25, 0.3) is 0 Å². The summed E-state index contributed by atoms with van der Waals surface area (Å²) in [6.45, 7) is 6.35. The molecular formula is C22H28O10. The van der Waals surface area contributed by atoms with Crippen molar-refractivity contribution in [1.29, 1.82) is 0 Å². The number of hydrogen-bond acceptors (Lipinski definition) is 9. The van der Waals surface area contributed by atoms with Gasteiger partial charge in [-0.3, -0.25) is 14.4 Å². The van der Waals surface area contributed by atoms with Gasteiger partial charge in [-0.2, -0.15) is 0 Å². The minimum Gasteiger partial charge on any atom is -0.478 e. The third-order valence-corrected chi connectivity index (χ3v) is 4.76. The van der Waals surface area contributed by atoms with Crippen LogP contribution in [0.25, 0.3) is 0 Å². The SMILES string of the molecule is CCC(=O)O[C@H]1[C@H](OC(=O)CC)[C@@H](Oc2ccccc2C(=O)O)O[C@@H](C)[C@H]1OC(=O)CC. The van der Waals surface area contributed by atoms with E-state index in [1.807, 2.05) is 0 Å². The van der Waals surface area contributed by atoms with Crippen molar-refractivity contribution in [3.05, 3.63) is 29.8 Å². The van der Waals surface area contributed by atoms with Crippen LogP contribution < -0.4 is 4.74 Å². The molecule has 32 heavy (non-hydrogen) atoms. The van der Waals surface area contributed by atoms with E-state index in [1.54, 1.807) is 33.8 Å². The Morgan fingerprint density at radius 1 is 0.844 bits per heavy atom. The molecule has 1 N–H and O–H groups in total. The van der Waals surface area contributed by atoms with Crippen LogP contribution in [0.4, 0.5) is 0 Å². The maximum Gasteiger partial charge on any atom is 0.339 e. The van der Waals surface area contributed by atoms with Gasteiger partial charge in [-0.15, -0.1) is 0 Å². The zero-order valence-electron chi connectivity index (χ0n) is 18.4. The Bertz CT molecular complexity index is 836. The molecule has 176 valence electrons.